The number of nitrogens with zero attached hydrogens (tertiary/aromatic N) is 1. The van der Waals surface area contributed by atoms with Crippen molar-refractivity contribution in [2.45, 2.75) is 6.42 Å². The Hall–Kier alpha value is -1.46. The minimum atomic E-state index is 0.802. The van der Waals surface area contributed by atoms with Crippen molar-refractivity contribution >= 4 is 23.4 Å². The zero-order valence-corrected chi connectivity index (χ0v) is 9.17. The molecule has 1 heterocycles. The average Bonchev–Trinajstić information content (AvgIpc) is 2.30. The van der Waals surface area contributed by atoms with Crippen molar-refractivity contribution in [3.05, 3.63) is 42.2 Å². The summed E-state index contributed by atoms with van der Waals surface area (Å²) in [5.41, 5.74) is 1.04. The lowest BCUT2D eigenvalue weighted by atomic mass is 10.1. The highest BCUT2D eigenvalue weighted by Gasteiger charge is 1.96. The summed E-state index contributed by atoms with van der Waals surface area (Å²) in [4.78, 5) is 4.12. The normalized spacial score (nSPS) is 9.67. The van der Waals surface area contributed by atoms with Gasteiger partial charge in [0, 0.05) is 35.5 Å². The van der Waals surface area contributed by atoms with Crippen LogP contribution >= 0.6 is 12.6 Å². The van der Waals surface area contributed by atoms with Crippen molar-refractivity contribution in [1.29, 1.82) is 0 Å². The minimum absolute atomic E-state index is 0.802. The summed E-state index contributed by atoms with van der Waals surface area (Å²) in [5, 5.41) is 2.30. The maximum Gasteiger partial charge on any atom is 0.0358 e. The molecule has 0 unspecified atom stereocenters. The largest absolute Gasteiger partial charge is 0.264 e. The number of hydrogen-bond acceptors (Lipinski definition) is 2. The number of thiol groups is 1. The fourth-order valence-corrected chi connectivity index (χ4v) is 1.55. The van der Waals surface area contributed by atoms with E-state index in [9.17, 15) is 0 Å². The van der Waals surface area contributed by atoms with Crippen LogP contribution in [0.15, 0.2) is 36.7 Å². The van der Waals surface area contributed by atoms with Gasteiger partial charge in [0.05, 0.1) is 0 Å². The molecule has 0 aliphatic rings. The predicted molar refractivity (Wildman–Crippen MR) is 67.1 cm³/mol. The summed E-state index contributed by atoms with van der Waals surface area (Å²) in [6.07, 6.45) is 4.48. The third kappa shape index (κ3) is 2.31. The molecule has 0 bridgehead atoms. The Morgan fingerprint density at radius 2 is 2.20 bits per heavy atom. The van der Waals surface area contributed by atoms with E-state index in [1.54, 1.807) is 6.20 Å². The first kappa shape index (κ1) is 10.1. The molecule has 1 nitrogen and oxygen atoms in total. The van der Waals surface area contributed by atoms with Crippen LogP contribution in [0.25, 0.3) is 10.8 Å². The van der Waals surface area contributed by atoms with Crippen molar-refractivity contribution in [2.75, 3.05) is 5.75 Å². The number of hydrogen-bond donors (Lipinski definition) is 1. The Morgan fingerprint density at radius 1 is 1.27 bits per heavy atom. The molecular formula is C13H11NS. The summed E-state index contributed by atoms with van der Waals surface area (Å²) >= 11 is 4.13. The van der Waals surface area contributed by atoms with Crippen LogP contribution in [0.1, 0.15) is 12.0 Å². The number of rotatable bonds is 1. The van der Waals surface area contributed by atoms with Gasteiger partial charge in [-0.3, -0.25) is 4.98 Å². The molecule has 1 aromatic heterocycles. The van der Waals surface area contributed by atoms with Gasteiger partial charge in [0.15, 0.2) is 0 Å². The first-order valence-electron chi connectivity index (χ1n) is 4.84. The fourth-order valence-electron chi connectivity index (χ4n) is 1.44. The standard InChI is InChI=1S/C13H11NS/c15-9-2-1-4-11-5-3-6-12-7-8-14-10-13(11)12/h3,5-8,10,15H,2,9H2. The molecule has 74 valence electrons. The molecule has 0 aliphatic heterocycles. The molecule has 0 saturated heterocycles. The molecule has 0 saturated carbocycles. The Bertz CT molecular complexity index is 517. The molecule has 0 N–H and O–H groups in total. The number of aromatic nitrogens is 1. The monoisotopic (exact) mass is 213 g/mol. The molecule has 15 heavy (non-hydrogen) atoms. The Balaban J connectivity index is 2.48. The van der Waals surface area contributed by atoms with Gasteiger partial charge in [-0.15, -0.1) is 0 Å². The van der Waals surface area contributed by atoms with E-state index in [1.165, 1.54) is 5.39 Å². The summed E-state index contributed by atoms with van der Waals surface area (Å²) in [6.45, 7) is 0. The Morgan fingerprint density at radius 3 is 3.07 bits per heavy atom. The third-order valence-electron chi connectivity index (χ3n) is 2.14. The lowest BCUT2D eigenvalue weighted by molar-refractivity contribution is 1.31. The second-order valence-electron chi connectivity index (χ2n) is 3.18. The van der Waals surface area contributed by atoms with Gasteiger partial charge in [0.25, 0.3) is 0 Å². The van der Waals surface area contributed by atoms with Crippen LogP contribution in [0, 0.1) is 11.8 Å². The van der Waals surface area contributed by atoms with Crippen molar-refractivity contribution in [3.63, 3.8) is 0 Å². The van der Waals surface area contributed by atoms with Gasteiger partial charge < -0.3 is 0 Å². The van der Waals surface area contributed by atoms with E-state index in [1.807, 2.05) is 24.4 Å². The van der Waals surface area contributed by atoms with E-state index >= 15 is 0 Å². The molecule has 0 radical (unpaired) electrons. The molecule has 0 fully saturated rings. The van der Waals surface area contributed by atoms with Crippen LogP contribution < -0.4 is 0 Å². The fraction of sp³-hybridized carbons (Fsp3) is 0.154. The average molecular weight is 213 g/mol. The van der Waals surface area contributed by atoms with Gasteiger partial charge in [-0.2, -0.15) is 12.6 Å². The van der Waals surface area contributed by atoms with Gasteiger partial charge in [-0.05, 0) is 17.5 Å². The van der Waals surface area contributed by atoms with E-state index in [0.29, 0.717) is 0 Å². The first-order valence-corrected chi connectivity index (χ1v) is 5.47. The van der Waals surface area contributed by atoms with E-state index in [0.717, 1.165) is 23.1 Å². The second kappa shape index (κ2) is 4.86. The molecule has 2 rings (SSSR count). The number of benzene rings is 1. The number of pyridine rings is 1. The van der Waals surface area contributed by atoms with E-state index in [4.69, 9.17) is 0 Å². The number of fused-ring (bicyclic) bond motifs is 1. The van der Waals surface area contributed by atoms with Crippen molar-refractivity contribution in [3.8, 4) is 11.8 Å². The van der Waals surface area contributed by atoms with E-state index in [-0.39, 0.29) is 0 Å². The van der Waals surface area contributed by atoms with Crippen LogP contribution in [-0.2, 0) is 0 Å². The Labute approximate surface area is 94.9 Å². The van der Waals surface area contributed by atoms with Crippen LogP contribution in [0.4, 0.5) is 0 Å². The quantitative estimate of drug-likeness (QED) is 0.567. The van der Waals surface area contributed by atoms with Crippen LogP contribution in [0.5, 0.6) is 0 Å². The summed E-state index contributed by atoms with van der Waals surface area (Å²) in [6, 6.07) is 8.11. The van der Waals surface area contributed by atoms with Crippen molar-refractivity contribution in [2.24, 2.45) is 0 Å². The van der Waals surface area contributed by atoms with E-state index < -0.39 is 0 Å². The van der Waals surface area contributed by atoms with Gasteiger partial charge in [0.1, 0.15) is 0 Å². The molecule has 0 aliphatic carbocycles. The maximum atomic E-state index is 4.13. The van der Waals surface area contributed by atoms with Crippen LogP contribution in [0.3, 0.4) is 0 Å². The molecule has 2 aromatic rings. The maximum absolute atomic E-state index is 4.13. The van der Waals surface area contributed by atoms with Crippen LogP contribution in [0.2, 0.25) is 0 Å². The van der Waals surface area contributed by atoms with E-state index in [2.05, 4.69) is 35.5 Å². The van der Waals surface area contributed by atoms with Crippen molar-refractivity contribution < 1.29 is 0 Å². The zero-order valence-electron chi connectivity index (χ0n) is 8.27. The molecule has 0 atom stereocenters. The molecule has 0 amide bonds. The highest BCUT2D eigenvalue weighted by Crippen LogP contribution is 2.16. The lowest BCUT2D eigenvalue weighted by Gasteiger charge is -1.98. The Kier molecular flexibility index (Phi) is 3.26. The summed E-state index contributed by atoms with van der Waals surface area (Å²) in [7, 11) is 0. The summed E-state index contributed by atoms with van der Waals surface area (Å²) in [5.74, 6) is 7.04. The molecule has 2 heteroatoms. The minimum Gasteiger partial charge on any atom is -0.264 e. The van der Waals surface area contributed by atoms with Crippen LogP contribution in [-0.4, -0.2) is 10.7 Å². The SMILES string of the molecule is SCCC#Cc1cccc2ccncc12. The summed E-state index contributed by atoms with van der Waals surface area (Å²) < 4.78 is 0. The molecular weight excluding hydrogens is 202 g/mol. The van der Waals surface area contributed by atoms with Gasteiger partial charge in [-0.25, -0.2) is 0 Å². The lowest BCUT2D eigenvalue weighted by Crippen LogP contribution is -1.81. The van der Waals surface area contributed by atoms with Gasteiger partial charge in [0.2, 0.25) is 0 Å². The van der Waals surface area contributed by atoms with Gasteiger partial charge in [-0.1, -0.05) is 24.0 Å². The highest BCUT2D eigenvalue weighted by atomic mass is 32.1. The molecule has 1 aromatic carbocycles. The zero-order chi connectivity index (χ0) is 10.5. The third-order valence-corrected chi connectivity index (χ3v) is 2.37. The predicted octanol–water partition coefficient (Wildman–Crippen LogP) is 2.91. The first-order chi connectivity index (χ1) is 7.42. The van der Waals surface area contributed by atoms with Gasteiger partial charge >= 0.3 is 0 Å². The topological polar surface area (TPSA) is 12.9 Å². The molecule has 0 spiro atoms. The highest BCUT2D eigenvalue weighted by molar-refractivity contribution is 7.80. The smallest absolute Gasteiger partial charge is 0.0358 e. The second-order valence-corrected chi connectivity index (χ2v) is 3.62. The van der Waals surface area contributed by atoms with Crippen molar-refractivity contribution in [1.82, 2.24) is 4.98 Å².